The average molecular weight is 657 g/mol. The fraction of sp³-hybridized carbons (Fsp3) is 0. The van der Waals surface area contributed by atoms with Crippen molar-refractivity contribution in [2.75, 3.05) is 0 Å². The second-order valence-electron chi connectivity index (χ2n) is 12.6. The summed E-state index contributed by atoms with van der Waals surface area (Å²) in [6.07, 6.45) is 0. The van der Waals surface area contributed by atoms with Crippen LogP contribution in [0.2, 0.25) is 0 Å². The lowest BCUT2D eigenvalue weighted by Crippen LogP contribution is -1.96. The highest BCUT2D eigenvalue weighted by molar-refractivity contribution is 7.26. The minimum absolute atomic E-state index is 0.719. The quantitative estimate of drug-likeness (QED) is 0.185. The van der Waals surface area contributed by atoms with E-state index in [0.29, 0.717) is 0 Å². The monoisotopic (exact) mass is 656 g/mol. The first kappa shape index (κ1) is 28.6. The Hall–Kier alpha value is -6.36. The SMILES string of the molecule is c1ccc(-c2cc(-c3ccc4oc5ccccc5c4c3)cc(-c3cc(-c4ccccc4)nc(-c4cccc5c4sc4ccccc45)n3)c2)cc1. The van der Waals surface area contributed by atoms with Crippen molar-refractivity contribution in [1.29, 1.82) is 0 Å². The van der Waals surface area contributed by atoms with Crippen molar-refractivity contribution in [3.05, 3.63) is 170 Å². The largest absolute Gasteiger partial charge is 0.456 e. The normalized spacial score (nSPS) is 11.6. The van der Waals surface area contributed by atoms with Gasteiger partial charge in [0.05, 0.1) is 11.4 Å². The summed E-state index contributed by atoms with van der Waals surface area (Å²) in [4.78, 5) is 10.6. The first-order valence-electron chi connectivity index (χ1n) is 16.7. The molecule has 50 heavy (non-hydrogen) atoms. The maximum atomic E-state index is 6.17. The van der Waals surface area contributed by atoms with Gasteiger partial charge in [0.25, 0.3) is 0 Å². The van der Waals surface area contributed by atoms with Crippen LogP contribution in [-0.4, -0.2) is 9.97 Å². The Labute approximate surface area is 292 Å². The van der Waals surface area contributed by atoms with Crippen LogP contribution in [0.5, 0.6) is 0 Å². The molecule has 0 saturated carbocycles. The van der Waals surface area contributed by atoms with Crippen molar-refractivity contribution in [1.82, 2.24) is 9.97 Å². The van der Waals surface area contributed by atoms with E-state index in [1.807, 2.05) is 18.2 Å². The highest BCUT2D eigenvalue weighted by Gasteiger charge is 2.17. The summed E-state index contributed by atoms with van der Waals surface area (Å²) in [5.41, 5.74) is 11.2. The van der Waals surface area contributed by atoms with E-state index < -0.39 is 0 Å². The van der Waals surface area contributed by atoms with Crippen molar-refractivity contribution < 1.29 is 4.42 Å². The molecular weight excluding hydrogens is 629 g/mol. The summed E-state index contributed by atoms with van der Waals surface area (Å²) in [6, 6.07) is 59.7. The van der Waals surface area contributed by atoms with E-state index in [1.54, 1.807) is 11.3 Å². The van der Waals surface area contributed by atoms with Crippen LogP contribution >= 0.6 is 11.3 Å². The first-order chi connectivity index (χ1) is 24.7. The average Bonchev–Trinajstić information content (AvgIpc) is 3.76. The summed E-state index contributed by atoms with van der Waals surface area (Å²) in [7, 11) is 0. The molecule has 3 aromatic heterocycles. The lowest BCUT2D eigenvalue weighted by atomic mass is 9.94. The highest BCUT2D eigenvalue weighted by atomic mass is 32.1. The van der Waals surface area contributed by atoms with Crippen LogP contribution in [0.4, 0.5) is 0 Å². The zero-order valence-corrected chi connectivity index (χ0v) is 27.7. The molecule has 0 N–H and O–H groups in total. The highest BCUT2D eigenvalue weighted by Crippen LogP contribution is 2.41. The van der Waals surface area contributed by atoms with Crippen molar-refractivity contribution >= 4 is 53.4 Å². The molecule has 0 aliphatic rings. The maximum Gasteiger partial charge on any atom is 0.161 e. The van der Waals surface area contributed by atoms with Crippen molar-refractivity contribution in [3.8, 4) is 56.2 Å². The lowest BCUT2D eigenvalue weighted by Gasteiger charge is -2.13. The molecule has 0 saturated heterocycles. The molecule has 234 valence electrons. The summed E-state index contributed by atoms with van der Waals surface area (Å²) in [6.45, 7) is 0. The molecule has 0 aliphatic carbocycles. The van der Waals surface area contributed by atoms with Gasteiger partial charge in [0.2, 0.25) is 0 Å². The van der Waals surface area contributed by atoms with E-state index in [9.17, 15) is 0 Å². The van der Waals surface area contributed by atoms with Gasteiger partial charge in [0, 0.05) is 47.6 Å². The Morgan fingerprint density at radius 1 is 0.380 bits per heavy atom. The molecule has 4 heteroatoms. The van der Waals surface area contributed by atoms with Gasteiger partial charge >= 0.3 is 0 Å². The molecule has 0 radical (unpaired) electrons. The zero-order chi connectivity index (χ0) is 33.0. The van der Waals surface area contributed by atoms with Crippen LogP contribution in [0.3, 0.4) is 0 Å². The minimum Gasteiger partial charge on any atom is -0.456 e. The lowest BCUT2D eigenvalue weighted by molar-refractivity contribution is 0.669. The maximum absolute atomic E-state index is 6.17. The fourth-order valence-corrected chi connectivity index (χ4v) is 8.25. The number of aromatic nitrogens is 2. The van der Waals surface area contributed by atoms with E-state index in [2.05, 4.69) is 152 Å². The number of fused-ring (bicyclic) bond motifs is 6. The molecule has 0 bridgehead atoms. The molecule has 10 rings (SSSR count). The van der Waals surface area contributed by atoms with Gasteiger partial charge in [-0.2, -0.15) is 0 Å². The van der Waals surface area contributed by atoms with Crippen molar-refractivity contribution in [3.63, 3.8) is 0 Å². The number of thiophene rings is 1. The molecule has 0 unspecified atom stereocenters. The number of nitrogens with zero attached hydrogens (tertiary/aromatic N) is 2. The molecule has 10 aromatic rings. The molecule has 0 atom stereocenters. The van der Waals surface area contributed by atoms with Gasteiger partial charge in [-0.15, -0.1) is 11.3 Å². The Morgan fingerprint density at radius 2 is 1.00 bits per heavy atom. The Morgan fingerprint density at radius 3 is 1.82 bits per heavy atom. The molecule has 0 spiro atoms. The van der Waals surface area contributed by atoms with Crippen LogP contribution < -0.4 is 0 Å². The smallest absolute Gasteiger partial charge is 0.161 e. The Kier molecular flexibility index (Phi) is 6.68. The van der Waals surface area contributed by atoms with E-state index in [4.69, 9.17) is 14.4 Å². The van der Waals surface area contributed by atoms with Crippen LogP contribution in [0.15, 0.2) is 174 Å². The minimum atomic E-state index is 0.719. The third kappa shape index (κ3) is 4.89. The molecular formula is C46H28N2OS. The summed E-state index contributed by atoms with van der Waals surface area (Å²) < 4.78 is 8.63. The number of para-hydroxylation sites is 1. The Balaban J connectivity index is 1.21. The number of hydrogen-bond donors (Lipinski definition) is 0. The van der Waals surface area contributed by atoms with E-state index in [1.165, 1.54) is 20.2 Å². The van der Waals surface area contributed by atoms with Gasteiger partial charge in [-0.25, -0.2) is 9.97 Å². The van der Waals surface area contributed by atoms with E-state index in [0.717, 1.165) is 78.1 Å². The number of benzene rings is 7. The molecule has 3 heterocycles. The predicted molar refractivity (Wildman–Crippen MR) is 209 cm³/mol. The van der Waals surface area contributed by atoms with Crippen LogP contribution in [0.25, 0.3) is 98.3 Å². The van der Waals surface area contributed by atoms with Crippen molar-refractivity contribution in [2.24, 2.45) is 0 Å². The van der Waals surface area contributed by atoms with Gasteiger partial charge in [0.15, 0.2) is 5.82 Å². The molecule has 3 nitrogen and oxygen atoms in total. The van der Waals surface area contributed by atoms with Crippen LogP contribution in [-0.2, 0) is 0 Å². The summed E-state index contributed by atoms with van der Waals surface area (Å²) in [5.74, 6) is 0.719. The summed E-state index contributed by atoms with van der Waals surface area (Å²) in [5, 5.41) is 4.72. The first-order valence-corrected chi connectivity index (χ1v) is 17.5. The standard InChI is InChI=1S/C46H28N2OS/c1-3-12-29(13-4-1)32-24-33(31-22-23-43-39(27-31)35-16-7-9-20-42(35)49-43)26-34(25-32)41-28-40(30-14-5-2-6-15-30)47-46(48-41)38-19-11-18-37-36-17-8-10-21-44(36)50-45(37)38/h1-28H. The topological polar surface area (TPSA) is 38.9 Å². The van der Waals surface area contributed by atoms with Gasteiger partial charge in [-0.1, -0.05) is 115 Å². The van der Waals surface area contributed by atoms with Crippen molar-refractivity contribution in [2.45, 2.75) is 0 Å². The number of rotatable bonds is 5. The van der Waals surface area contributed by atoms with Crippen LogP contribution in [0, 0.1) is 0 Å². The molecule has 0 fully saturated rings. The van der Waals surface area contributed by atoms with E-state index >= 15 is 0 Å². The molecule has 0 aliphatic heterocycles. The third-order valence-electron chi connectivity index (χ3n) is 9.49. The predicted octanol–water partition coefficient (Wildman–Crippen LogP) is 13.1. The second-order valence-corrected chi connectivity index (χ2v) is 13.6. The molecule has 0 amide bonds. The van der Waals surface area contributed by atoms with Gasteiger partial charge in [0.1, 0.15) is 11.2 Å². The van der Waals surface area contributed by atoms with Gasteiger partial charge in [-0.05, 0) is 76.9 Å². The zero-order valence-electron chi connectivity index (χ0n) is 26.9. The van der Waals surface area contributed by atoms with E-state index in [-0.39, 0.29) is 0 Å². The molecule has 7 aromatic carbocycles. The second kappa shape index (κ2) is 11.7. The van der Waals surface area contributed by atoms with Gasteiger partial charge in [-0.3, -0.25) is 0 Å². The fourth-order valence-electron chi connectivity index (χ4n) is 7.04. The number of hydrogen-bond acceptors (Lipinski definition) is 4. The van der Waals surface area contributed by atoms with Gasteiger partial charge < -0.3 is 4.42 Å². The third-order valence-corrected chi connectivity index (χ3v) is 10.7. The summed E-state index contributed by atoms with van der Waals surface area (Å²) >= 11 is 1.80. The van der Waals surface area contributed by atoms with Crippen LogP contribution in [0.1, 0.15) is 0 Å². The number of furan rings is 1. The Bertz CT molecular complexity index is 2870.